The molecule has 32 heavy (non-hydrogen) atoms. The summed E-state index contributed by atoms with van der Waals surface area (Å²) < 4.78 is 0. The molecular formula is C18H36ClN9O4. The number of halogens is 1. The zero-order valence-corrected chi connectivity index (χ0v) is 19.7. The molecule has 0 radical (unpaired) electrons. The summed E-state index contributed by atoms with van der Waals surface area (Å²) in [6.07, 6.45) is 2.78. The van der Waals surface area contributed by atoms with Gasteiger partial charge in [0, 0.05) is 13.1 Å². The molecule has 0 aromatic rings. The van der Waals surface area contributed by atoms with Crippen LogP contribution in [0.15, 0.2) is 5.10 Å². The Morgan fingerprint density at radius 2 is 1.62 bits per heavy atom. The van der Waals surface area contributed by atoms with Gasteiger partial charge in [0.05, 0.1) is 12.6 Å². The minimum absolute atomic E-state index is 0. The third kappa shape index (κ3) is 15.7. The molecule has 0 aromatic carbocycles. The largest absolute Gasteiger partial charge is 1.00 e. The Morgan fingerprint density at radius 1 is 1.00 bits per heavy atom. The SMILES string of the molecule is CC(=O)N[C@@H](CC(C)C)C(=O)N[C@@H](C)C(=O)N[C@@H](CCC[NH+]=C(N)N)/[13CH]=N/NC(N)=O.[Cl-]. The van der Waals surface area contributed by atoms with Crippen LogP contribution in [0.5, 0.6) is 0 Å². The molecule has 184 valence electrons. The summed E-state index contributed by atoms with van der Waals surface area (Å²) in [7, 11) is 0. The highest BCUT2D eigenvalue weighted by molar-refractivity contribution is 5.92. The summed E-state index contributed by atoms with van der Waals surface area (Å²) in [5.41, 5.74) is 17.7. The summed E-state index contributed by atoms with van der Waals surface area (Å²) in [5.74, 6) is -1.01. The van der Waals surface area contributed by atoms with Crippen molar-refractivity contribution in [2.24, 2.45) is 28.2 Å². The minimum Gasteiger partial charge on any atom is -1.00 e. The van der Waals surface area contributed by atoms with E-state index in [-0.39, 0.29) is 30.2 Å². The van der Waals surface area contributed by atoms with E-state index in [2.05, 4.69) is 31.5 Å². The third-order valence-electron chi connectivity index (χ3n) is 3.93. The quantitative estimate of drug-likeness (QED) is 0.0422. The molecular weight excluding hydrogens is 443 g/mol. The van der Waals surface area contributed by atoms with E-state index in [9.17, 15) is 19.2 Å². The van der Waals surface area contributed by atoms with E-state index < -0.39 is 36.0 Å². The molecule has 0 aliphatic heterocycles. The van der Waals surface area contributed by atoms with Crippen molar-refractivity contribution in [1.29, 1.82) is 0 Å². The fourth-order valence-corrected chi connectivity index (χ4v) is 2.57. The highest BCUT2D eigenvalue weighted by Gasteiger charge is 2.25. The molecule has 0 unspecified atom stereocenters. The molecule has 3 atom stereocenters. The molecule has 0 spiro atoms. The zero-order valence-electron chi connectivity index (χ0n) is 18.9. The van der Waals surface area contributed by atoms with Gasteiger partial charge >= 0.3 is 12.0 Å². The number of guanidine groups is 1. The van der Waals surface area contributed by atoms with Crippen molar-refractivity contribution < 1.29 is 36.6 Å². The first-order valence-electron chi connectivity index (χ1n) is 10.0. The Kier molecular flexibility index (Phi) is 16.1. The van der Waals surface area contributed by atoms with Crippen molar-refractivity contribution in [1.82, 2.24) is 21.4 Å². The van der Waals surface area contributed by atoms with Crippen molar-refractivity contribution >= 4 is 35.9 Å². The van der Waals surface area contributed by atoms with Gasteiger partial charge in [0.15, 0.2) is 0 Å². The molecule has 0 saturated heterocycles. The van der Waals surface area contributed by atoms with Crippen LogP contribution in [0.25, 0.3) is 0 Å². The molecule has 0 saturated carbocycles. The molecule has 0 fully saturated rings. The maximum absolute atomic E-state index is 12.5. The molecule has 0 aromatic heterocycles. The number of rotatable bonds is 13. The van der Waals surface area contributed by atoms with Crippen LogP contribution in [0, 0.1) is 5.92 Å². The summed E-state index contributed by atoms with van der Waals surface area (Å²) in [6, 6.07) is -3.01. The summed E-state index contributed by atoms with van der Waals surface area (Å²) in [6.45, 7) is 7.16. The standard InChI is InChI=1S/C18H35N9O4.ClH/c1-10(2)8-14(25-12(4)28)16(30)24-11(3)15(29)26-13(9-23-27-18(21)31)6-5-7-22-17(19)20;/h9-11,13-14H,5-8H2,1-4H3,(H,24,30)(H,25,28)(H,26,29)(H4,19,20,22)(H3,21,27,31);1H/b23-9+;/t11-,13-,14-;/m0./s1/i9+1;. The smallest absolute Gasteiger partial charge is 0.338 e. The second-order valence-corrected chi connectivity index (χ2v) is 7.51. The van der Waals surface area contributed by atoms with Crippen molar-refractivity contribution in [3.05, 3.63) is 0 Å². The van der Waals surface area contributed by atoms with Crippen LogP contribution in [-0.4, -0.2) is 60.6 Å². The van der Waals surface area contributed by atoms with Crippen molar-refractivity contribution in [2.45, 2.75) is 65.1 Å². The lowest BCUT2D eigenvalue weighted by Gasteiger charge is -2.23. The summed E-state index contributed by atoms with van der Waals surface area (Å²) in [5, 5.41) is 11.6. The van der Waals surface area contributed by atoms with Crippen molar-refractivity contribution in [3.63, 3.8) is 0 Å². The number of nitrogens with zero attached hydrogens (tertiary/aromatic N) is 1. The maximum atomic E-state index is 12.5. The van der Waals surface area contributed by atoms with E-state index >= 15 is 0 Å². The van der Waals surface area contributed by atoms with Gasteiger partial charge in [0.25, 0.3) is 0 Å². The van der Waals surface area contributed by atoms with E-state index in [0.717, 1.165) is 0 Å². The van der Waals surface area contributed by atoms with Gasteiger partial charge in [-0.25, -0.2) is 10.2 Å². The summed E-state index contributed by atoms with van der Waals surface area (Å²) >= 11 is 0. The van der Waals surface area contributed by atoms with Gasteiger partial charge in [0.1, 0.15) is 12.1 Å². The number of urea groups is 1. The predicted molar refractivity (Wildman–Crippen MR) is 116 cm³/mol. The van der Waals surface area contributed by atoms with E-state index in [1.807, 2.05) is 13.8 Å². The summed E-state index contributed by atoms with van der Waals surface area (Å²) in [4.78, 5) is 50.0. The first-order chi connectivity index (χ1) is 14.4. The van der Waals surface area contributed by atoms with Gasteiger partial charge in [-0.15, -0.1) is 0 Å². The first-order valence-corrected chi connectivity index (χ1v) is 10.0. The fraction of sp³-hybridized carbons (Fsp3) is 0.667. The molecule has 13 nitrogen and oxygen atoms in total. The monoisotopic (exact) mass is 478 g/mol. The Balaban J connectivity index is 0. The second-order valence-electron chi connectivity index (χ2n) is 7.51. The first kappa shape index (κ1) is 31.1. The maximum Gasteiger partial charge on any atom is 0.338 e. The predicted octanol–water partition coefficient (Wildman–Crippen LogP) is -6.68. The lowest BCUT2D eigenvalue weighted by atomic mass is 10.0. The number of carbonyl (C=O) groups is 4. The molecule has 5 amide bonds. The molecule has 14 heteroatoms. The Morgan fingerprint density at radius 3 is 2.12 bits per heavy atom. The van der Waals surface area contributed by atoms with Crippen LogP contribution in [-0.2, 0) is 14.4 Å². The Labute approximate surface area is 194 Å². The van der Waals surface area contributed by atoms with Gasteiger partial charge in [-0.1, -0.05) is 13.8 Å². The molecule has 11 N–H and O–H groups in total. The number of hydrazone groups is 1. The van der Waals surface area contributed by atoms with Crippen LogP contribution in [0.3, 0.4) is 0 Å². The van der Waals surface area contributed by atoms with E-state index in [0.29, 0.717) is 25.8 Å². The number of primary amides is 1. The zero-order chi connectivity index (χ0) is 24.0. The highest BCUT2D eigenvalue weighted by Crippen LogP contribution is 2.05. The third-order valence-corrected chi connectivity index (χ3v) is 3.93. The van der Waals surface area contributed by atoms with E-state index in [1.165, 1.54) is 20.1 Å². The topological polar surface area (TPSA) is 221 Å². The van der Waals surface area contributed by atoms with Crippen molar-refractivity contribution in [2.75, 3.05) is 6.54 Å². The Hall–Kier alpha value is -3.09. The van der Waals surface area contributed by atoms with Crippen LogP contribution >= 0.6 is 0 Å². The molecule has 0 heterocycles. The molecule has 0 aliphatic rings. The van der Waals surface area contributed by atoms with Crippen molar-refractivity contribution in [3.8, 4) is 0 Å². The normalized spacial score (nSPS) is 13.3. The number of nitrogens with two attached hydrogens (primary N) is 3. The van der Waals surface area contributed by atoms with Crippen LogP contribution in [0.1, 0.15) is 47.0 Å². The Bertz CT molecular complexity index is 681. The van der Waals surface area contributed by atoms with Crippen LogP contribution in [0.2, 0.25) is 0 Å². The average Bonchev–Trinajstić information content (AvgIpc) is 2.62. The van der Waals surface area contributed by atoms with Gasteiger partial charge in [0.2, 0.25) is 17.7 Å². The van der Waals surface area contributed by atoms with Crippen LogP contribution in [0.4, 0.5) is 4.79 Å². The lowest BCUT2D eigenvalue weighted by Crippen LogP contribution is -3.00. The fourth-order valence-electron chi connectivity index (χ4n) is 2.57. The number of amides is 5. The van der Waals surface area contributed by atoms with Gasteiger partial charge < -0.3 is 34.1 Å². The number of hydrogen-bond acceptors (Lipinski definition) is 5. The lowest BCUT2D eigenvalue weighted by molar-refractivity contribution is -0.459. The number of nitrogens with one attached hydrogen (secondary N) is 5. The van der Waals surface area contributed by atoms with E-state index in [4.69, 9.17) is 17.2 Å². The highest BCUT2D eigenvalue weighted by atomic mass is 35.5. The molecule has 0 aliphatic carbocycles. The van der Waals surface area contributed by atoms with Gasteiger partial charge in [-0.05, 0) is 32.1 Å². The second kappa shape index (κ2) is 16.6. The van der Waals surface area contributed by atoms with Crippen LogP contribution < -0.4 is 56.0 Å². The number of carbonyl (C=O) groups excluding carboxylic acids is 4. The van der Waals surface area contributed by atoms with Gasteiger partial charge in [-0.2, -0.15) is 5.10 Å². The molecule has 0 bridgehead atoms. The minimum atomic E-state index is -0.873. The van der Waals surface area contributed by atoms with E-state index in [1.54, 1.807) is 0 Å². The van der Waals surface area contributed by atoms with Gasteiger partial charge in [-0.3, -0.25) is 30.8 Å². The average molecular weight is 479 g/mol. The number of hydrogen-bond donors (Lipinski definition) is 8. The molecule has 0 rings (SSSR count).